The molecule has 0 amide bonds. The van der Waals surface area contributed by atoms with Gasteiger partial charge in [-0.05, 0) is 86.3 Å². The van der Waals surface area contributed by atoms with E-state index in [1.165, 1.54) is 4.90 Å². The standard InChI is InChI=1S/C42H45F4N7O4/c1-25-16-32(47-34(17-25)51(19-27-6-10-30(54-3)11-7-27)20-28-8-12-31(55-4)13-9-28)37-36(46)38-35-39(53(22-33(44)45)26(2)23-56-40(35)48-37)50-41(49-38)57-24-42-14-5-15-52(42)21-29(43)18-42/h6-13,16-17,26,29,33H,5,14-15,18-24H2,1-4H3/t26-,29+,42-/m0/s1. The number of alkyl halides is 3. The summed E-state index contributed by atoms with van der Waals surface area (Å²) < 4.78 is 83.0. The van der Waals surface area contributed by atoms with E-state index in [4.69, 9.17) is 23.9 Å². The molecule has 3 aliphatic heterocycles. The van der Waals surface area contributed by atoms with Crippen molar-refractivity contribution in [1.82, 2.24) is 24.8 Å². The van der Waals surface area contributed by atoms with E-state index in [-0.39, 0.29) is 53.2 Å². The van der Waals surface area contributed by atoms with Crippen molar-refractivity contribution in [2.45, 2.75) is 70.4 Å². The first-order chi connectivity index (χ1) is 27.5. The molecule has 3 aliphatic rings. The summed E-state index contributed by atoms with van der Waals surface area (Å²) >= 11 is 0. The summed E-state index contributed by atoms with van der Waals surface area (Å²) in [5.41, 5.74) is 2.15. The number of halogens is 4. The molecule has 5 aromatic rings. The molecule has 0 spiro atoms. The summed E-state index contributed by atoms with van der Waals surface area (Å²) in [4.78, 5) is 24.3. The van der Waals surface area contributed by atoms with Crippen LogP contribution in [0.15, 0.2) is 60.7 Å². The predicted molar refractivity (Wildman–Crippen MR) is 208 cm³/mol. The van der Waals surface area contributed by atoms with Crippen LogP contribution in [0.2, 0.25) is 0 Å². The number of ether oxygens (including phenoxy) is 4. The van der Waals surface area contributed by atoms with Crippen LogP contribution in [-0.2, 0) is 13.1 Å². The molecule has 0 radical (unpaired) electrons. The second-order valence-electron chi connectivity index (χ2n) is 15.1. The topological polar surface area (TPSA) is 98.2 Å². The van der Waals surface area contributed by atoms with Crippen LogP contribution in [0, 0.1) is 12.7 Å². The lowest BCUT2D eigenvalue weighted by atomic mass is 9.95. The minimum Gasteiger partial charge on any atom is -0.497 e. The van der Waals surface area contributed by atoms with Crippen molar-refractivity contribution >= 4 is 22.5 Å². The highest BCUT2D eigenvalue weighted by atomic mass is 19.3. The summed E-state index contributed by atoms with van der Waals surface area (Å²) in [7, 11) is 3.23. The van der Waals surface area contributed by atoms with Gasteiger partial charge in [-0.1, -0.05) is 24.3 Å². The number of fused-ring (bicyclic) bond motifs is 1. The Bertz CT molecular complexity index is 2180. The van der Waals surface area contributed by atoms with E-state index in [1.54, 1.807) is 27.2 Å². The largest absolute Gasteiger partial charge is 0.497 e. The highest BCUT2D eigenvalue weighted by molar-refractivity contribution is 5.97. The van der Waals surface area contributed by atoms with Crippen LogP contribution < -0.4 is 28.7 Å². The molecule has 8 rings (SSSR count). The summed E-state index contributed by atoms with van der Waals surface area (Å²) in [6, 6.07) is 18.4. The molecule has 57 heavy (non-hydrogen) atoms. The maximum Gasteiger partial charge on any atom is 0.319 e. The Balaban J connectivity index is 1.22. The van der Waals surface area contributed by atoms with Crippen molar-refractivity contribution < 1.29 is 36.5 Å². The molecule has 0 bridgehead atoms. The summed E-state index contributed by atoms with van der Waals surface area (Å²) in [5, 5.41) is 0.0625. The lowest BCUT2D eigenvalue weighted by Crippen LogP contribution is -2.43. The van der Waals surface area contributed by atoms with Gasteiger partial charge in [0.15, 0.2) is 5.82 Å². The van der Waals surface area contributed by atoms with Gasteiger partial charge in [0.1, 0.15) is 59.1 Å². The Kier molecular flexibility index (Phi) is 10.7. The monoisotopic (exact) mass is 787 g/mol. The Morgan fingerprint density at radius 3 is 2.28 bits per heavy atom. The van der Waals surface area contributed by atoms with E-state index in [2.05, 4.69) is 24.8 Å². The van der Waals surface area contributed by atoms with E-state index >= 15 is 4.39 Å². The number of hydrogen-bond donors (Lipinski definition) is 0. The lowest BCUT2D eigenvalue weighted by Gasteiger charge is -2.31. The zero-order valence-electron chi connectivity index (χ0n) is 32.4. The number of nitrogens with zero attached hydrogens (tertiary/aromatic N) is 7. The molecule has 0 aliphatic carbocycles. The number of methoxy groups -OCH3 is 2. The molecule has 3 atom stereocenters. The van der Waals surface area contributed by atoms with Crippen LogP contribution in [0.25, 0.3) is 22.3 Å². The van der Waals surface area contributed by atoms with Crippen molar-refractivity contribution in [3.05, 3.63) is 83.2 Å². The summed E-state index contributed by atoms with van der Waals surface area (Å²) in [6.45, 7) is 4.99. The van der Waals surface area contributed by atoms with E-state index in [9.17, 15) is 13.2 Å². The van der Waals surface area contributed by atoms with Crippen molar-refractivity contribution in [1.29, 1.82) is 0 Å². The minimum absolute atomic E-state index is 0.00127. The van der Waals surface area contributed by atoms with Crippen LogP contribution in [0.1, 0.15) is 42.9 Å². The number of hydrogen-bond acceptors (Lipinski definition) is 11. The highest BCUT2D eigenvalue weighted by Gasteiger charge is 2.49. The van der Waals surface area contributed by atoms with Crippen LogP contribution in [-0.4, -0.2) is 96.1 Å². The number of pyridine rings is 2. The van der Waals surface area contributed by atoms with Gasteiger partial charge in [0.2, 0.25) is 5.88 Å². The van der Waals surface area contributed by atoms with E-state index in [1.807, 2.05) is 61.5 Å². The fraction of sp³-hybridized carbons (Fsp3) is 0.429. The molecule has 2 fully saturated rings. The van der Waals surface area contributed by atoms with Gasteiger partial charge in [-0.15, -0.1) is 0 Å². The molecule has 11 nitrogen and oxygen atoms in total. The molecular formula is C42H45F4N7O4. The normalized spacial score (nSPS) is 20.4. The maximum atomic E-state index is 17.2. The molecule has 300 valence electrons. The van der Waals surface area contributed by atoms with E-state index < -0.39 is 36.5 Å². The van der Waals surface area contributed by atoms with Gasteiger partial charge >= 0.3 is 6.01 Å². The fourth-order valence-corrected chi connectivity index (χ4v) is 8.26. The van der Waals surface area contributed by atoms with Gasteiger partial charge in [0, 0.05) is 26.1 Å². The zero-order chi connectivity index (χ0) is 39.8. The first kappa shape index (κ1) is 38.4. The third-order valence-electron chi connectivity index (χ3n) is 11.1. The van der Waals surface area contributed by atoms with Crippen molar-refractivity contribution in [3.63, 3.8) is 0 Å². The molecule has 0 saturated carbocycles. The van der Waals surface area contributed by atoms with Crippen molar-refractivity contribution in [2.24, 2.45) is 0 Å². The zero-order valence-corrected chi connectivity index (χ0v) is 32.4. The molecule has 15 heteroatoms. The molecule has 0 unspecified atom stereocenters. The van der Waals surface area contributed by atoms with Crippen molar-refractivity contribution in [3.8, 4) is 34.8 Å². The second kappa shape index (κ2) is 15.8. The molecular weight excluding hydrogens is 742 g/mol. The van der Waals surface area contributed by atoms with Crippen LogP contribution in [0.3, 0.4) is 0 Å². The number of aromatic nitrogens is 4. The summed E-state index contributed by atoms with van der Waals surface area (Å²) in [6.07, 6.45) is -1.78. The van der Waals surface area contributed by atoms with Gasteiger partial charge < -0.3 is 28.7 Å². The van der Waals surface area contributed by atoms with Crippen molar-refractivity contribution in [2.75, 3.05) is 56.9 Å². The Morgan fingerprint density at radius 1 is 0.947 bits per heavy atom. The highest BCUT2D eigenvalue weighted by Crippen LogP contribution is 2.43. The molecule has 6 heterocycles. The molecule has 3 aromatic heterocycles. The number of rotatable bonds is 13. The summed E-state index contributed by atoms with van der Waals surface area (Å²) in [5.74, 6) is 1.24. The van der Waals surface area contributed by atoms with Gasteiger partial charge in [0.25, 0.3) is 6.43 Å². The van der Waals surface area contributed by atoms with Gasteiger partial charge in [0.05, 0.1) is 38.0 Å². The van der Waals surface area contributed by atoms with Crippen LogP contribution in [0.4, 0.5) is 29.2 Å². The Morgan fingerprint density at radius 2 is 1.63 bits per heavy atom. The smallest absolute Gasteiger partial charge is 0.319 e. The van der Waals surface area contributed by atoms with Gasteiger partial charge in [-0.3, -0.25) is 4.90 Å². The third kappa shape index (κ3) is 7.81. The average molecular weight is 788 g/mol. The number of aryl methyl sites for hydroxylation is 1. The minimum atomic E-state index is -2.72. The molecule has 0 N–H and O–H groups in total. The first-order valence-corrected chi connectivity index (χ1v) is 19.1. The van der Waals surface area contributed by atoms with Gasteiger partial charge in [-0.25, -0.2) is 27.5 Å². The third-order valence-corrected chi connectivity index (χ3v) is 11.1. The molecule has 2 saturated heterocycles. The van der Waals surface area contributed by atoms with Crippen LogP contribution in [0.5, 0.6) is 23.4 Å². The van der Waals surface area contributed by atoms with E-state index in [0.717, 1.165) is 47.6 Å². The quantitative estimate of drug-likeness (QED) is 0.111. The van der Waals surface area contributed by atoms with E-state index in [0.29, 0.717) is 31.9 Å². The van der Waals surface area contributed by atoms with Gasteiger partial charge in [-0.2, -0.15) is 9.97 Å². The van der Waals surface area contributed by atoms with Crippen LogP contribution >= 0.6 is 0 Å². The Hall–Kier alpha value is -5.44. The molecule has 2 aromatic carbocycles. The first-order valence-electron chi connectivity index (χ1n) is 19.1. The fourth-order valence-electron chi connectivity index (χ4n) is 8.26. The Labute approximate surface area is 328 Å². The number of anilines is 2. The lowest BCUT2D eigenvalue weighted by molar-refractivity contribution is 0.107. The SMILES string of the molecule is COc1ccc(CN(Cc2ccc(OC)cc2)c2cc(C)cc(-c3nc4c5c(nc(OC[C@@]67CCCN6C[C@H](F)C7)nc5c3F)N(CC(F)F)[C@@H](C)CO4)n2)cc1. The predicted octanol–water partition coefficient (Wildman–Crippen LogP) is 7.57. The number of benzene rings is 2. The average Bonchev–Trinajstić information content (AvgIpc) is 3.70. The second-order valence-corrected chi connectivity index (χ2v) is 15.1. The maximum absolute atomic E-state index is 17.2.